The first-order chi connectivity index (χ1) is 20.4. The number of aryl methyl sites for hydroxylation is 1. The van der Waals surface area contributed by atoms with E-state index in [0.717, 1.165) is 0 Å². The highest BCUT2D eigenvalue weighted by atomic mass is 19.1. The van der Waals surface area contributed by atoms with E-state index in [1.807, 2.05) is 18.4 Å². The van der Waals surface area contributed by atoms with E-state index in [1.165, 1.54) is 24.3 Å². The summed E-state index contributed by atoms with van der Waals surface area (Å²) in [5, 5.41) is 38.4. The van der Waals surface area contributed by atoms with Crippen molar-refractivity contribution in [2.24, 2.45) is 0 Å². The quantitative estimate of drug-likeness (QED) is 0.212. The van der Waals surface area contributed by atoms with Crippen molar-refractivity contribution in [2.75, 3.05) is 0 Å². The zero-order valence-corrected chi connectivity index (χ0v) is 24.1. The molecule has 9 nitrogen and oxygen atoms in total. The number of hydrogen-bond donors (Lipinski definition) is 3. The summed E-state index contributed by atoms with van der Waals surface area (Å²) in [5.41, 5.74) is 3.70. The highest BCUT2D eigenvalue weighted by molar-refractivity contribution is 6.05. The molecule has 2 atom stereocenters. The van der Waals surface area contributed by atoms with Gasteiger partial charge in [-0.25, -0.2) is 8.78 Å². The maximum atomic E-state index is 14.0. The lowest BCUT2D eigenvalue weighted by atomic mass is 9.92. The van der Waals surface area contributed by atoms with Gasteiger partial charge in [0, 0.05) is 41.3 Å². The van der Waals surface area contributed by atoms with E-state index in [2.05, 4.69) is 10.5 Å². The smallest absolute Gasteiger partial charge is 0.268 e. The maximum Gasteiger partial charge on any atom is 0.268 e. The molecule has 0 aliphatic carbocycles. The van der Waals surface area contributed by atoms with Gasteiger partial charge in [0.2, 0.25) is 0 Å². The van der Waals surface area contributed by atoms with Crippen molar-refractivity contribution in [1.29, 1.82) is 0 Å². The molecule has 2 aromatic carbocycles. The minimum Gasteiger partial charge on any atom is -0.550 e. The fraction of sp³-hybridized carbons (Fsp3) is 0.344. The first-order valence-electron chi connectivity index (χ1n) is 14.0. The number of aromatic nitrogens is 2. The number of aliphatic carboxylic acids is 1. The van der Waals surface area contributed by atoms with E-state index < -0.39 is 42.1 Å². The Kier molecular flexibility index (Phi) is 10.1. The Balaban J connectivity index is 1.87. The molecular formula is C32H34F2N3O6-. The predicted octanol–water partition coefficient (Wildman–Crippen LogP) is 4.09. The zero-order chi connectivity index (χ0) is 31.3. The van der Waals surface area contributed by atoms with Gasteiger partial charge in [-0.05, 0) is 75.4 Å². The molecule has 0 aliphatic rings. The number of carbonyl (C=O) groups is 2. The van der Waals surface area contributed by atoms with Crippen molar-refractivity contribution in [1.82, 2.24) is 15.0 Å². The molecule has 0 aliphatic heterocycles. The normalized spacial score (nSPS) is 12.8. The van der Waals surface area contributed by atoms with Gasteiger partial charge in [0.1, 0.15) is 28.8 Å². The van der Waals surface area contributed by atoms with Crippen LogP contribution in [0.25, 0.3) is 22.3 Å². The van der Waals surface area contributed by atoms with Crippen molar-refractivity contribution in [3.8, 4) is 22.3 Å². The third kappa shape index (κ3) is 7.74. The molecule has 0 unspecified atom stereocenters. The molecule has 2 aromatic heterocycles. The summed E-state index contributed by atoms with van der Waals surface area (Å²) in [6.07, 6.45) is -2.80. The van der Waals surface area contributed by atoms with Crippen LogP contribution in [-0.2, 0) is 17.8 Å². The molecule has 228 valence electrons. The van der Waals surface area contributed by atoms with Crippen LogP contribution in [0.1, 0.15) is 66.8 Å². The number of aliphatic hydroxyl groups excluding tert-OH is 2. The average molecular weight is 595 g/mol. The van der Waals surface area contributed by atoms with Crippen LogP contribution < -0.4 is 10.4 Å². The first-order valence-corrected chi connectivity index (χ1v) is 14.0. The van der Waals surface area contributed by atoms with E-state index in [0.29, 0.717) is 39.4 Å². The van der Waals surface area contributed by atoms with E-state index >= 15 is 0 Å². The summed E-state index contributed by atoms with van der Waals surface area (Å²) in [5.74, 6) is -2.18. The largest absolute Gasteiger partial charge is 0.550 e. The monoisotopic (exact) mass is 594 g/mol. The summed E-state index contributed by atoms with van der Waals surface area (Å²) >= 11 is 0. The molecule has 0 saturated carbocycles. The Morgan fingerprint density at radius 1 is 0.977 bits per heavy atom. The van der Waals surface area contributed by atoms with Crippen LogP contribution >= 0.6 is 0 Å². The number of nitrogens with zero attached hydrogens (tertiary/aromatic N) is 2. The minimum absolute atomic E-state index is 0.0819. The second-order valence-corrected chi connectivity index (χ2v) is 10.8. The highest BCUT2D eigenvalue weighted by Crippen LogP contribution is 2.42. The van der Waals surface area contributed by atoms with E-state index in [4.69, 9.17) is 4.52 Å². The van der Waals surface area contributed by atoms with Crippen molar-refractivity contribution in [2.45, 2.75) is 71.2 Å². The number of nitrogens with one attached hydrogen (secondary N) is 1. The van der Waals surface area contributed by atoms with Gasteiger partial charge in [-0.15, -0.1) is 0 Å². The summed E-state index contributed by atoms with van der Waals surface area (Å²) in [4.78, 5) is 24.8. The number of amides is 1. The van der Waals surface area contributed by atoms with Gasteiger partial charge in [-0.3, -0.25) is 4.79 Å². The van der Waals surface area contributed by atoms with Crippen LogP contribution in [0.15, 0.2) is 59.1 Å². The van der Waals surface area contributed by atoms with E-state index in [1.54, 1.807) is 37.3 Å². The molecule has 0 bridgehead atoms. The number of carbonyl (C=O) groups excluding carboxylic acids is 2. The Labute approximate surface area is 247 Å². The summed E-state index contributed by atoms with van der Waals surface area (Å²) in [7, 11) is 0. The maximum absolute atomic E-state index is 14.0. The van der Waals surface area contributed by atoms with E-state index in [-0.39, 0.29) is 37.5 Å². The van der Waals surface area contributed by atoms with Gasteiger partial charge in [0.05, 0.1) is 18.8 Å². The van der Waals surface area contributed by atoms with Crippen molar-refractivity contribution >= 4 is 11.9 Å². The summed E-state index contributed by atoms with van der Waals surface area (Å²) < 4.78 is 35.0. The standard InChI is InChI=1S/C32H35F2N3O6/c1-18(2)37-27(13-12-25(38)15-26(39)16-28(40)41)29(20-4-8-22(33)9-5-20)30(21-6-10-23(34)11-7-21)31(37)32(42)35-17-24-14-19(3)43-36-24/h4-11,14,18,25-26,38-39H,12-13,15-17H2,1-3H3,(H,35,42)(H,40,41)/p-1/t25-,26-/m1/s1. The molecule has 11 heteroatoms. The topological polar surface area (TPSA) is 141 Å². The van der Waals surface area contributed by atoms with Gasteiger partial charge < -0.3 is 34.5 Å². The zero-order valence-electron chi connectivity index (χ0n) is 24.1. The fourth-order valence-corrected chi connectivity index (χ4v) is 5.27. The molecule has 0 spiro atoms. The van der Waals surface area contributed by atoms with Crippen LogP contribution in [-0.4, -0.2) is 44.0 Å². The number of halogens is 2. The van der Waals surface area contributed by atoms with Crippen LogP contribution in [0.4, 0.5) is 8.78 Å². The Bertz CT molecular complexity index is 1560. The highest BCUT2D eigenvalue weighted by Gasteiger charge is 2.30. The van der Waals surface area contributed by atoms with Crippen LogP contribution in [0, 0.1) is 18.6 Å². The first kappa shape index (κ1) is 31.6. The molecule has 3 N–H and O–H groups in total. The lowest BCUT2D eigenvalue weighted by Crippen LogP contribution is -2.29. The third-order valence-corrected chi connectivity index (χ3v) is 7.07. The van der Waals surface area contributed by atoms with Crippen LogP contribution in [0.5, 0.6) is 0 Å². The second-order valence-electron chi connectivity index (χ2n) is 10.8. The van der Waals surface area contributed by atoms with Gasteiger partial charge >= 0.3 is 0 Å². The van der Waals surface area contributed by atoms with Crippen molar-refractivity contribution in [3.05, 3.63) is 89.1 Å². The minimum atomic E-state index is -1.42. The predicted molar refractivity (Wildman–Crippen MR) is 153 cm³/mol. The molecular weight excluding hydrogens is 560 g/mol. The van der Waals surface area contributed by atoms with Gasteiger partial charge in [-0.2, -0.15) is 0 Å². The summed E-state index contributed by atoms with van der Waals surface area (Å²) in [6, 6.07) is 12.9. The van der Waals surface area contributed by atoms with Crippen LogP contribution in [0.3, 0.4) is 0 Å². The Hall–Kier alpha value is -4.35. The molecule has 0 radical (unpaired) electrons. The van der Waals surface area contributed by atoms with Gasteiger partial charge in [-0.1, -0.05) is 29.4 Å². The fourth-order valence-electron chi connectivity index (χ4n) is 5.27. The van der Waals surface area contributed by atoms with Crippen molar-refractivity contribution < 1.29 is 38.2 Å². The van der Waals surface area contributed by atoms with E-state index in [9.17, 15) is 33.7 Å². The molecule has 2 heterocycles. The van der Waals surface area contributed by atoms with Gasteiger partial charge in [0.25, 0.3) is 5.91 Å². The number of benzene rings is 2. The Morgan fingerprint density at radius 2 is 1.56 bits per heavy atom. The molecule has 1 amide bonds. The number of carboxylic acids is 1. The lowest BCUT2D eigenvalue weighted by molar-refractivity contribution is -0.307. The molecule has 43 heavy (non-hydrogen) atoms. The number of aliphatic hydroxyl groups is 2. The molecule has 0 saturated heterocycles. The second kappa shape index (κ2) is 13.7. The average Bonchev–Trinajstić information content (AvgIpc) is 3.52. The molecule has 4 aromatic rings. The lowest BCUT2D eigenvalue weighted by Gasteiger charge is -2.20. The third-order valence-electron chi connectivity index (χ3n) is 7.07. The number of hydrogen-bond acceptors (Lipinski definition) is 7. The summed E-state index contributed by atoms with van der Waals surface area (Å²) in [6.45, 7) is 5.61. The molecule has 4 rings (SSSR count). The van der Waals surface area contributed by atoms with Crippen molar-refractivity contribution in [3.63, 3.8) is 0 Å². The number of rotatable bonds is 13. The Morgan fingerprint density at radius 3 is 2.07 bits per heavy atom. The molecule has 0 fully saturated rings. The SMILES string of the molecule is Cc1cc(CNC(=O)c2c(-c3ccc(F)cc3)c(-c3ccc(F)cc3)c(CC[C@@H](O)C[C@@H](O)CC(=O)[O-])n2C(C)C)no1. The van der Waals surface area contributed by atoms with Gasteiger partial charge in [0.15, 0.2) is 0 Å². The van der Waals surface area contributed by atoms with Crippen LogP contribution in [0.2, 0.25) is 0 Å². The number of carboxylic acid groups (broad SMARTS) is 1.